The van der Waals surface area contributed by atoms with E-state index in [9.17, 15) is 4.79 Å². The molecule has 0 N–H and O–H groups in total. The molecule has 0 saturated carbocycles. The van der Waals surface area contributed by atoms with Crippen molar-refractivity contribution in [3.63, 3.8) is 0 Å². The molecule has 1 atom stereocenters. The number of hydrogen-bond donors (Lipinski definition) is 0. The van der Waals surface area contributed by atoms with Gasteiger partial charge >= 0.3 is 6.09 Å². The van der Waals surface area contributed by atoms with E-state index in [0.29, 0.717) is 11.6 Å². The maximum absolute atomic E-state index is 12.1. The number of nitrogens with zero attached hydrogens (tertiary/aromatic N) is 1. The molecule has 1 amide bonds. The van der Waals surface area contributed by atoms with E-state index in [1.165, 1.54) is 5.56 Å². The van der Waals surface area contributed by atoms with Crippen LogP contribution in [0.25, 0.3) is 0 Å². The van der Waals surface area contributed by atoms with Crippen molar-refractivity contribution in [1.29, 1.82) is 0 Å². The lowest BCUT2D eigenvalue weighted by Crippen LogP contribution is -2.39. The molecule has 0 aromatic heterocycles. The lowest BCUT2D eigenvalue weighted by Gasteiger charge is -2.28. The summed E-state index contributed by atoms with van der Waals surface area (Å²) in [5.41, 5.74) is 1.83. The first-order valence-corrected chi connectivity index (χ1v) is 10.4. The Morgan fingerprint density at radius 1 is 1.10 bits per heavy atom. The van der Waals surface area contributed by atoms with Gasteiger partial charge in [-0.15, -0.1) is 0 Å². The Kier molecular flexibility index (Phi) is 8.39. The van der Waals surface area contributed by atoms with Gasteiger partial charge in [0.1, 0.15) is 18.0 Å². The molecule has 0 aliphatic rings. The molecule has 4 nitrogen and oxygen atoms in total. The molecule has 0 fully saturated rings. The van der Waals surface area contributed by atoms with Gasteiger partial charge in [0.2, 0.25) is 0 Å². The van der Waals surface area contributed by atoms with Crippen LogP contribution in [-0.2, 0) is 17.8 Å². The molecule has 29 heavy (non-hydrogen) atoms. The minimum Gasteiger partial charge on any atom is -0.489 e. The first kappa shape index (κ1) is 23.1. The van der Waals surface area contributed by atoms with Gasteiger partial charge in [0.05, 0.1) is 0 Å². The number of carbonyl (C=O) groups is 1. The van der Waals surface area contributed by atoms with E-state index in [1.54, 1.807) is 11.9 Å². The standard InChI is InChI=1S/C24H32ClNO3/c1-18(26(5)23(27)29-24(2,3)4)8-6-9-19-12-14-22(15-13-19)28-17-20-10-7-11-21(25)16-20/h7,10-16,18H,6,8-9,17H2,1-5H3. The second-order valence-electron chi connectivity index (χ2n) is 8.40. The number of benzene rings is 2. The molecule has 0 aliphatic carbocycles. The summed E-state index contributed by atoms with van der Waals surface area (Å²) < 4.78 is 11.3. The molecule has 0 spiro atoms. The highest BCUT2D eigenvalue weighted by atomic mass is 35.5. The number of carbonyl (C=O) groups excluding carboxylic acids is 1. The maximum atomic E-state index is 12.1. The van der Waals surface area contributed by atoms with Crippen molar-refractivity contribution in [2.75, 3.05) is 7.05 Å². The monoisotopic (exact) mass is 417 g/mol. The van der Waals surface area contributed by atoms with Crippen LogP contribution in [0.4, 0.5) is 4.79 Å². The molecule has 0 radical (unpaired) electrons. The van der Waals surface area contributed by atoms with Crippen molar-refractivity contribution in [2.24, 2.45) is 0 Å². The number of aryl methyl sites for hydroxylation is 1. The van der Waals surface area contributed by atoms with Crippen LogP contribution in [0.1, 0.15) is 51.7 Å². The van der Waals surface area contributed by atoms with E-state index in [2.05, 4.69) is 19.1 Å². The highest BCUT2D eigenvalue weighted by molar-refractivity contribution is 6.30. The quantitative estimate of drug-likeness (QED) is 0.492. The Balaban J connectivity index is 1.74. The van der Waals surface area contributed by atoms with Crippen LogP contribution in [0.3, 0.4) is 0 Å². The minimum atomic E-state index is -0.471. The van der Waals surface area contributed by atoms with Crippen LogP contribution in [0.2, 0.25) is 5.02 Å². The number of halogens is 1. The SMILES string of the molecule is CC(CCCc1ccc(OCc2cccc(Cl)c2)cc1)N(C)C(=O)OC(C)(C)C. The third kappa shape index (κ3) is 8.36. The summed E-state index contributed by atoms with van der Waals surface area (Å²) in [6, 6.07) is 16.0. The predicted molar refractivity (Wildman–Crippen MR) is 119 cm³/mol. The fourth-order valence-corrected chi connectivity index (χ4v) is 3.07. The maximum Gasteiger partial charge on any atom is 0.410 e. The van der Waals surface area contributed by atoms with Crippen LogP contribution in [-0.4, -0.2) is 29.7 Å². The van der Waals surface area contributed by atoms with E-state index in [-0.39, 0.29) is 12.1 Å². The molecule has 0 saturated heterocycles. The van der Waals surface area contributed by atoms with Gasteiger partial charge in [0.25, 0.3) is 0 Å². The van der Waals surface area contributed by atoms with E-state index >= 15 is 0 Å². The summed E-state index contributed by atoms with van der Waals surface area (Å²) in [4.78, 5) is 13.8. The minimum absolute atomic E-state index is 0.130. The molecule has 0 bridgehead atoms. The molecule has 1 unspecified atom stereocenters. The fraction of sp³-hybridized carbons (Fsp3) is 0.458. The summed E-state index contributed by atoms with van der Waals surface area (Å²) in [5.74, 6) is 0.840. The molecule has 0 heterocycles. The van der Waals surface area contributed by atoms with Gasteiger partial charge in [0, 0.05) is 18.1 Å². The smallest absolute Gasteiger partial charge is 0.410 e. The van der Waals surface area contributed by atoms with Crippen molar-refractivity contribution in [3.05, 3.63) is 64.7 Å². The molecule has 0 aliphatic heterocycles. The van der Waals surface area contributed by atoms with Crippen molar-refractivity contribution >= 4 is 17.7 Å². The summed E-state index contributed by atoms with van der Waals surface area (Å²) in [6.45, 7) is 8.19. The first-order chi connectivity index (χ1) is 13.6. The molecule has 5 heteroatoms. The molecular weight excluding hydrogens is 386 g/mol. The zero-order valence-corrected chi connectivity index (χ0v) is 18.8. The Bertz CT molecular complexity index is 783. The second kappa shape index (κ2) is 10.5. The number of ether oxygens (including phenoxy) is 2. The molecule has 158 valence electrons. The topological polar surface area (TPSA) is 38.8 Å². The largest absolute Gasteiger partial charge is 0.489 e. The zero-order chi connectivity index (χ0) is 21.4. The van der Waals surface area contributed by atoms with Crippen LogP contribution in [0, 0.1) is 0 Å². The fourth-order valence-electron chi connectivity index (χ4n) is 2.85. The van der Waals surface area contributed by atoms with Gasteiger partial charge < -0.3 is 14.4 Å². The van der Waals surface area contributed by atoms with Crippen LogP contribution < -0.4 is 4.74 Å². The Morgan fingerprint density at radius 2 is 1.79 bits per heavy atom. The van der Waals surface area contributed by atoms with Gasteiger partial charge in [-0.05, 0) is 82.3 Å². The van der Waals surface area contributed by atoms with Crippen LogP contribution >= 0.6 is 11.6 Å². The van der Waals surface area contributed by atoms with E-state index in [0.717, 1.165) is 30.6 Å². The molecular formula is C24H32ClNO3. The van der Waals surface area contributed by atoms with Crippen molar-refractivity contribution < 1.29 is 14.3 Å². The van der Waals surface area contributed by atoms with Gasteiger partial charge in [-0.3, -0.25) is 0 Å². The second-order valence-corrected chi connectivity index (χ2v) is 8.83. The van der Waals surface area contributed by atoms with Crippen molar-refractivity contribution in [2.45, 2.75) is 65.2 Å². The Labute approximate surface area is 179 Å². The summed E-state index contributed by atoms with van der Waals surface area (Å²) >= 11 is 6.00. The normalized spacial score (nSPS) is 12.3. The van der Waals surface area contributed by atoms with Crippen molar-refractivity contribution in [3.8, 4) is 5.75 Å². The van der Waals surface area contributed by atoms with Gasteiger partial charge in [-0.2, -0.15) is 0 Å². The lowest BCUT2D eigenvalue weighted by atomic mass is 10.0. The highest BCUT2D eigenvalue weighted by Crippen LogP contribution is 2.18. The predicted octanol–water partition coefficient (Wildman–Crippen LogP) is 6.50. The Hall–Kier alpha value is -2.20. The average molecular weight is 418 g/mol. The molecule has 2 aromatic carbocycles. The third-order valence-corrected chi connectivity index (χ3v) is 4.88. The van der Waals surface area contributed by atoms with E-state index < -0.39 is 5.60 Å². The summed E-state index contributed by atoms with van der Waals surface area (Å²) in [7, 11) is 1.80. The van der Waals surface area contributed by atoms with E-state index in [1.807, 2.05) is 57.2 Å². The van der Waals surface area contributed by atoms with Gasteiger partial charge in [-0.25, -0.2) is 4.79 Å². The van der Waals surface area contributed by atoms with Crippen molar-refractivity contribution in [1.82, 2.24) is 4.90 Å². The summed E-state index contributed by atoms with van der Waals surface area (Å²) in [6.07, 6.45) is 2.60. The lowest BCUT2D eigenvalue weighted by molar-refractivity contribution is 0.0228. The van der Waals surface area contributed by atoms with E-state index in [4.69, 9.17) is 21.1 Å². The molecule has 2 rings (SSSR count). The average Bonchev–Trinajstić information content (AvgIpc) is 2.65. The zero-order valence-electron chi connectivity index (χ0n) is 18.1. The first-order valence-electron chi connectivity index (χ1n) is 10.1. The number of hydrogen-bond acceptors (Lipinski definition) is 3. The van der Waals surface area contributed by atoms with Crippen LogP contribution in [0.15, 0.2) is 48.5 Å². The van der Waals surface area contributed by atoms with Gasteiger partial charge in [-0.1, -0.05) is 35.9 Å². The highest BCUT2D eigenvalue weighted by Gasteiger charge is 2.22. The van der Waals surface area contributed by atoms with Gasteiger partial charge in [0.15, 0.2) is 0 Å². The van der Waals surface area contributed by atoms with Crippen LogP contribution in [0.5, 0.6) is 5.75 Å². The third-order valence-electron chi connectivity index (χ3n) is 4.65. The Morgan fingerprint density at radius 3 is 2.41 bits per heavy atom. The number of rotatable bonds is 8. The summed E-state index contributed by atoms with van der Waals surface area (Å²) in [5, 5.41) is 0.716. The molecule has 2 aromatic rings. The number of amides is 1.